The van der Waals surface area contributed by atoms with Gasteiger partial charge in [0.15, 0.2) is 5.69 Å². The molecule has 0 aliphatic rings. The third-order valence-corrected chi connectivity index (χ3v) is 2.40. The fourth-order valence-electron chi connectivity index (χ4n) is 1.38. The maximum Gasteiger partial charge on any atom is 0.272 e. The van der Waals surface area contributed by atoms with Crippen LogP contribution in [0.15, 0.2) is 6.20 Å². The molecule has 0 aromatic carbocycles. The minimum Gasteiger partial charge on any atom is -0.385 e. The Hall–Kier alpha value is -1.69. The second kappa shape index (κ2) is 6.90. The van der Waals surface area contributed by atoms with Gasteiger partial charge in [-0.2, -0.15) is 0 Å². The minimum atomic E-state index is -0.222. The highest BCUT2D eigenvalue weighted by Gasteiger charge is 2.15. The van der Waals surface area contributed by atoms with Crippen molar-refractivity contribution in [2.75, 3.05) is 32.6 Å². The number of nitrogens with zero attached hydrogens (tertiary/aromatic N) is 2. The van der Waals surface area contributed by atoms with E-state index in [1.165, 1.54) is 0 Å². The lowest BCUT2D eigenvalue weighted by Crippen LogP contribution is -2.29. The van der Waals surface area contributed by atoms with Gasteiger partial charge in [-0.25, -0.2) is 9.97 Å². The van der Waals surface area contributed by atoms with Crippen molar-refractivity contribution in [2.45, 2.75) is 19.8 Å². The molecule has 0 spiro atoms. The van der Waals surface area contributed by atoms with Gasteiger partial charge in [0.05, 0.1) is 18.5 Å². The van der Waals surface area contributed by atoms with Crippen molar-refractivity contribution in [3.63, 3.8) is 0 Å². The SMILES string of the molecule is CNc1cnc(C(C)C)nc1C(=O)NCCOC. The van der Waals surface area contributed by atoms with Gasteiger partial charge in [-0.15, -0.1) is 0 Å². The highest BCUT2D eigenvalue weighted by molar-refractivity contribution is 5.97. The van der Waals surface area contributed by atoms with Crippen molar-refractivity contribution >= 4 is 11.6 Å². The summed E-state index contributed by atoms with van der Waals surface area (Å²) in [7, 11) is 3.33. The van der Waals surface area contributed by atoms with Gasteiger partial charge < -0.3 is 15.4 Å². The summed E-state index contributed by atoms with van der Waals surface area (Å²) in [5, 5.41) is 5.66. The van der Waals surface area contributed by atoms with E-state index < -0.39 is 0 Å². The van der Waals surface area contributed by atoms with E-state index in [1.807, 2.05) is 13.8 Å². The summed E-state index contributed by atoms with van der Waals surface area (Å²) in [4.78, 5) is 20.5. The van der Waals surface area contributed by atoms with E-state index in [0.29, 0.717) is 30.4 Å². The van der Waals surface area contributed by atoms with Crippen LogP contribution in [-0.2, 0) is 4.74 Å². The lowest BCUT2D eigenvalue weighted by Gasteiger charge is -2.11. The van der Waals surface area contributed by atoms with E-state index in [9.17, 15) is 4.79 Å². The van der Waals surface area contributed by atoms with Crippen LogP contribution in [0.3, 0.4) is 0 Å². The second-order valence-corrected chi connectivity index (χ2v) is 4.14. The largest absolute Gasteiger partial charge is 0.385 e. The number of amides is 1. The molecular weight excluding hydrogens is 232 g/mol. The Morgan fingerprint density at radius 2 is 2.22 bits per heavy atom. The third-order valence-electron chi connectivity index (χ3n) is 2.40. The highest BCUT2D eigenvalue weighted by Crippen LogP contribution is 2.15. The van der Waals surface area contributed by atoms with Crippen LogP contribution in [0.25, 0.3) is 0 Å². The van der Waals surface area contributed by atoms with E-state index in [1.54, 1.807) is 20.4 Å². The molecule has 0 saturated heterocycles. The van der Waals surface area contributed by atoms with Gasteiger partial charge in [-0.3, -0.25) is 4.79 Å². The highest BCUT2D eigenvalue weighted by atomic mass is 16.5. The Morgan fingerprint density at radius 3 is 2.78 bits per heavy atom. The first kappa shape index (κ1) is 14.4. The van der Waals surface area contributed by atoms with Crippen LogP contribution in [-0.4, -0.2) is 43.2 Å². The molecule has 6 nitrogen and oxygen atoms in total. The van der Waals surface area contributed by atoms with Crippen LogP contribution in [0.5, 0.6) is 0 Å². The Balaban J connectivity index is 2.89. The second-order valence-electron chi connectivity index (χ2n) is 4.14. The summed E-state index contributed by atoms with van der Waals surface area (Å²) in [6, 6.07) is 0. The molecule has 1 aromatic rings. The number of rotatable bonds is 6. The van der Waals surface area contributed by atoms with Crippen LogP contribution in [0.1, 0.15) is 36.1 Å². The standard InChI is InChI=1S/C12H20N4O2/c1-8(2)11-15-7-9(13-3)10(16-11)12(17)14-5-6-18-4/h7-8,13H,5-6H2,1-4H3,(H,14,17). The van der Waals surface area contributed by atoms with Crippen LogP contribution in [0.2, 0.25) is 0 Å². The predicted molar refractivity (Wildman–Crippen MR) is 69.9 cm³/mol. The van der Waals surface area contributed by atoms with E-state index in [4.69, 9.17) is 4.74 Å². The normalized spacial score (nSPS) is 10.5. The fraction of sp³-hybridized carbons (Fsp3) is 0.583. The van der Waals surface area contributed by atoms with Gasteiger partial charge in [0.2, 0.25) is 0 Å². The molecule has 1 amide bonds. The molecule has 100 valence electrons. The number of hydrogen-bond donors (Lipinski definition) is 2. The molecule has 0 aliphatic heterocycles. The Bertz CT molecular complexity index is 407. The number of anilines is 1. The van der Waals surface area contributed by atoms with Gasteiger partial charge >= 0.3 is 0 Å². The van der Waals surface area contributed by atoms with Crippen LogP contribution < -0.4 is 10.6 Å². The average Bonchev–Trinajstić information content (AvgIpc) is 2.38. The van der Waals surface area contributed by atoms with Gasteiger partial charge in [0.1, 0.15) is 5.82 Å². The molecule has 0 saturated carbocycles. The first-order valence-electron chi connectivity index (χ1n) is 5.92. The Morgan fingerprint density at radius 1 is 1.50 bits per heavy atom. The quantitative estimate of drug-likeness (QED) is 0.739. The van der Waals surface area contributed by atoms with E-state index in [-0.39, 0.29) is 11.8 Å². The summed E-state index contributed by atoms with van der Waals surface area (Å²) in [5.41, 5.74) is 0.988. The molecule has 0 radical (unpaired) electrons. The molecule has 0 aliphatic carbocycles. The minimum absolute atomic E-state index is 0.182. The lowest BCUT2D eigenvalue weighted by atomic mass is 10.2. The van der Waals surface area contributed by atoms with Crippen molar-refractivity contribution in [1.29, 1.82) is 0 Å². The third kappa shape index (κ3) is 3.66. The lowest BCUT2D eigenvalue weighted by molar-refractivity contribution is 0.0932. The molecule has 1 aromatic heterocycles. The van der Waals surface area contributed by atoms with Crippen LogP contribution >= 0.6 is 0 Å². The number of nitrogens with one attached hydrogen (secondary N) is 2. The first-order chi connectivity index (χ1) is 8.60. The smallest absolute Gasteiger partial charge is 0.272 e. The zero-order valence-corrected chi connectivity index (χ0v) is 11.3. The van der Waals surface area contributed by atoms with Gasteiger partial charge in [0, 0.05) is 26.6 Å². The number of carbonyl (C=O) groups is 1. The number of hydrogen-bond acceptors (Lipinski definition) is 5. The molecular formula is C12H20N4O2. The summed E-state index contributed by atoms with van der Waals surface area (Å²) in [6.45, 7) is 4.91. The topological polar surface area (TPSA) is 76.1 Å². The molecule has 1 heterocycles. The van der Waals surface area contributed by atoms with Crippen LogP contribution in [0.4, 0.5) is 5.69 Å². The zero-order valence-electron chi connectivity index (χ0n) is 11.3. The van der Waals surface area contributed by atoms with Crippen molar-refractivity contribution < 1.29 is 9.53 Å². The fourth-order valence-corrected chi connectivity index (χ4v) is 1.38. The van der Waals surface area contributed by atoms with Crippen molar-refractivity contribution in [2.24, 2.45) is 0 Å². The number of carbonyl (C=O) groups excluding carboxylic acids is 1. The van der Waals surface area contributed by atoms with Gasteiger partial charge in [-0.05, 0) is 0 Å². The van der Waals surface area contributed by atoms with Crippen LogP contribution in [0, 0.1) is 0 Å². The number of methoxy groups -OCH3 is 1. The Labute approximate surface area is 107 Å². The molecule has 0 unspecified atom stereocenters. The summed E-state index contributed by atoms with van der Waals surface area (Å²) >= 11 is 0. The maximum absolute atomic E-state index is 12.0. The number of aromatic nitrogens is 2. The van der Waals surface area contributed by atoms with Crippen molar-refractivity contribution in [3.05, 3.63) is 17.7 Å². The van der Waals surface area contributed by atoms with Crippen molar-refractivity contribution in [3.8, 4) is 0 Å². The molecule has 2 N–H and O–H groups in total. The molecule has 0 atom stereocenters. The first-order valence-corrected chi connectivity index (χ1v) is 5.92. The van der Waals surface area contributed by atoms with E-state index >= 15 is 0 Å². The zero-order chi connectivity index (χ0) is 13.5. The molecule has 1 rings (SSSR count). The molecule has 18 heavy (non-hydrogen) atoms. The van der Waals surface area contributed by atoms with Crippen molar-refractivity contribution in [1.82, 2.24) is 15.3 Å². The van der Waals surface area contributed by atoms with Gasteiger partial charge in [-0.1, -0.05) is 13.8 Å². The van der Waals surface area contributed by atoms with Gasteiger partial charge in [0.25, 0.3) is 5.91 Å². The monoisotopic (exact) mass is 252 g/mol. The summed E-state index contributed by atoms with van der Waals surface area (Å²) in [5.74, 6) is 0.619. The maximum atomic E-state index is 12.0. The molecule has 6 heteroatoms. The average molecular weight is 252 g/mol. The predicted octanol–water partition coefficient (Wildman–Crippen LogP) is 1.02. The summed E-state index contributed by atoms with van der Waals surface area (Å²) in [6.07, 6.45) is 1.63. The molecule has 0 fully saturated rings. The Kier molecular flexibility index (Phi) is 5.51. The summed E-state index contributed by atoms with van der Waals surface area (Å²) < 4.78 is 4.88. The van der Waals surface area contributed by atoms with E-state index in [0.717, 1.165) is 0 Å². The molecule has 0 bridgehead atoms. The number of ether oxygens (including phenoxy) is 1. The van der Waals surface area contributed by atoms with E-state index in [2.05, 4.69) is 20.6 Å².